The van der Waals surface area contributed by atoms with E-state index < -0.39 is 0 Å². The van der Waals surface area contributed by atoms with E-state index in [1.54, 1.807) is 18.7 Å². The molecule has 1 aliphatic heterocycles. The largest absolute Gasteiger partial charge is 0.337 e. The fourth-order valence-corrected chi connectivity index (χ4v) is 3.04. The minimum atomic E-state index is 0.0150. The Morgan fingerprint density at radius 1 is 1.08 bits per heavy atom. The molecule has 1 amide bonds. The van der Waals surface area contributed by atoms with Crippen molar-refractivity contribution in [3.05, 3.63) is 35.9 Å². The van der Waals surface area contributed by atoms with Crippen molar-refractivity contribution in [2.75, 3.05) is 26.2 Å². The van der Waals surface area contributed by atoms with Crippen LogP contribution in [0.1, 0.15) is 42.3 Å². The van der Waals surface area contributed by atoms with E-state index in [1.165, 1.54) is 0 Å². The number of nitrogens with zero attached hydrogens (tertiary/aromatic N) is 7. The fourth-order valence-electron chi connectivity index (χ4n) is 3.04. The molecule has 0 spiro atoms. The summed E-state index contributed by atoms with van der Waals surface area (Å²) in [5.41, 5.74) is 0.566. The molecule has 0 unspecified atom stereocenters. The van der Waals surface area contributed by atoms with Crippen LogP contribution in [-0.4, -0.2) is 66.6 Å². The fraction of sp³-hybridized carbons (Fsp3) is 0.588. The van der Waals surface area contributed by atoms with Gasteiger partial charge in [0.1, 0.15) is 18.0 Å². The van der Waals surface area contributed by atoms with E-state index in [9.17, 15) is 4.79 Å². The molecule has 25 heavy (non-hydrogen) atoms. The number of carbonyl (C=O) groups is 1. The van der Waals surface area contributed by atoms with Gasteiger partial charge in [0.2, 0.25) is 0 Å². The van der Waals surface area contributed by atoms with Gasteiger partial charge in [-0.2, -0.15) is 5.10 Å². The molecule has 3 heterocycles. The first-order valence-corrected chi connectivity index (χ1v) is 8.90. The predicted octanol–water partition coefficient (Wildman–Crippen LogP) is 0.998. The van der Waals surface area contributed by atoms with Gasteiger partial charge in [-0.15, -0.1) is 0 Å². The van der Waals surface area contributed by atoms with Crippen LogP contribution in [0.5, 0.6) is 0 Å². The van der Waals surface area contributed by atoms with Gasteiger partial charge in [0, 0.05) is 51.5 Å². The first-order valence-electron chi connectivity index (χ1n) is 8.90. The van der Waals surface area contributed by atoms with E-state index in [2.05, 4.69) is 31.9 Å². The lowest BCUT2D eigenvalue weighted by Gasteiger charge is -2.21. The van der Waals surface area contributed by atoms with Crippen LogP contribution in [0.25, 0.3) is 0 Å². The van der Waals surface area contributed by atoms with Crippen LogP contribution < -0.4 is 0 Å². The third-order valence-electron chi connectivity index (χ3n) is 4.50. The first-order chi connectivity index (χ1) is 12.2. The van der Waals surface area contributed by atoms with Crippen molar-refractivity contribution in [2.45, 2.75) is 39.8 Å². The molecule has 0 saturated carbocycles. The van der Waals surface area contributed by atoms with Gasteiger partial charge in [-0.05, 0) is 13.3 Å². The summed E-state index contributed by atoms with van der Waals surface area (Å²) in [4.78, 5) is 29.7. The number of carbonyl (C=O) groups excluding carboxylic acids is 1. The highest BCUT2D eigenvalue weighted by atomic mass is 16.2. The molecule has 0 N–H and O–H groups in total. The number of hydrogen-bond acceptors (Lipinski definition) is 6. The number of amides is 1. The monoisotopic (exact) mass is 343 g/mol. The predicted molar refractivity (Wildman–Crippen MR) is 92.9 cm³/mol. The summed E-state index contributed by atoms with van der Waals surface area (Å²) < 4.78 is 1.92. The van der Waals surface area contributed by atoms with Gasteiger partial charge in [-0.1, -0.05) is 6.92 Å². The van der Waals surface area contributed by atoms with Crippen molar-refractivity contribution in [1.82, 2.24) is 34.5 Å². The van der Waals surface area contributed by atoms with Gasteiger partial charge in [-0.3, -0.25) is 9.69 Å². The Morgan fingerprint density at radius 3 is 2.60 bits per heavy atom. The number of hydrogen-bond donors (Lipinski definition) is 0. The standard InChI is InChI=1S/C17H25N7O/c1-3-15-18-10-14(11-19-15)17(25)23-7-5-6-22(8-9-23)12-16-20-13-21-24(16)4-2/h10-11,13H,3-9,12H2,1-2H3. The van der Waals surface area contributed by atoms with E-state index in [-0.39, 0.29) is 5.91 Å². The second-order valence-corrected chi connectivity index (χ2v) is 6.16. The normalized spacial score (nSPS) is 16.0. The Hall–Kier alpha value is -2.35. The molecule has 0 radical (unpaired) electrons. The highest BCUT2D eigenvalue weighted by Crippen LogP contribution is 2.10. The second-order valence-electron chi connectivity index (χ2n) is 6.16. The van der Waals surface area contributed by atoms with Gasteiger partial charge in [0.25, 0.3) is 5.91 Å². The van der Waals surface area contributed by atoms with E-state index in [0.717, 1.165) is 57.2 Å². The van der Waals surface area contributed by atoms with Crippen molar-refractivity contribution in [3.63, 3.8) is 0 Å². The minimum Gasteiger partial charge on any atom is -0.337 e. The third kappa shape index (κ3) is 4.19. The Labute approximate surface area is 147 Å². The van der Waals surface area contributed by atoms with Gasteiger partial charge in [-0.25, -0.2) is 19.6 Å². The molecule has 134 valence electrons. The summed E-state index contributed by atoms with van der Waals surface area (Å²) in [6.07, 6.45) is 6.60. The Bertz CT molecular complexity index is 697. The molecule has 0 aromatic carbocycles. The lowest BCUT2D eigenvalue weighted by molar-refractivity contribution is 0.0760. The molecule has 8 nitrogen and oxygen atoms in total. The van der Waals surface area contributed by atoms with Crippen LogP contribution in [0.4, 0.5) is 0 Å². The molecule has 0 aliphatic carbocycles. The van der Waals surface area contributed by atoms with E-state index in [4.69, 9.17) is 0 Å². The van der Waals surface area contributed by atoms with Crippen molar-refractivity contribution >= 4 is 5.91 Å². The Kier molecular flexibility index (Phi) is 5.70. The van der Waals surface area contributed by atoms with Crippen LogP contribution in [0.3, 0.4) is 0 Å². The molecule has 1 fully saturated rings. The molecular formula is C17H25N7O. The number of aryl methyl sites for hydroxylation is 2. The summed E-state index contributed by atoms with van der Waals surface area (Å²) in [6.45, 7) is 8.89. The molecule has 2 aromatic heterocycles. The van der Waals surface area contributed by atoms with Crippen LogP contribution in [0.15, 0.2) is 18.7 Å². The quantitative estimate of drug-likeness (QED) is 0.806. The maximum atomic E-state index is 12.7. The highest BCUT2D eigenvalue weighted by Gasteiger charge is 2.21. The summed E-state index contributed by atoms with van der Waals surface area (Å²) in [5.74, 6) is 1.76. The number of rotatable bonds is 5. The Morgan fingerprint density at radius 2 is 1.88 bits per heavy atom. The Balaban J connectivity index is 1.59. The van der Waals surface area contributed by atoms with E-state index in [0.29, 0.717) is 12.1 Å². The summed E-state index contributed by atoms with van der Waals surface area (Å²) >= 11 is 0. The minimum absolute atomic E-state index is 0.0150. The third-order valence-corrected chi connectivity index (χ3v) is 4.50. The highest BCUT2D eigenvalue weighted by molar-refractivity contribution is 5.93. The molecule has 8 heteroatoms. The first kappa shape index (κ1) is 17.5. The smallest absolute Gasteiger partial charge is 0.257 e. The zero-order chi connectivity index (χ0) is 17.6. The molecular weight excluding hydrogens is 318 g/mol. The van der Waals surface area contributed by atoms with Crippen LogP contribution in [0.2, 0.25) is 0 Å². The topological polar surface area (TPSA) is 80.0 Å². The van der Waals surface area contributed by atoms with E-state index >= 15 is 0 Å². The summed E-state index contributed by atoms with van der Waals surface area (Å²) in [6, 6.07) is 0. The molecule has 1 aliphatic rings. The van der Waals surface area contributed by atoms with Gasteiger partial charge in [0.05, 0.1) is 12.1 Å². The van der Waals surface area contributed by atoms with Crippen LogP contribution >= 0.6 is 0 Å². The average Bonchev–Trinajstić information content (AvgIpc) is 2.97. The van der Waals surface area contributed by atoms with Crippen molar-refractivity contribution in [3.8, 4) is 0 Å². The zero-order valence-electron chi connectivity index (χ0n) is 14.9. The molecule has 0 atom stereocenters. The summed E-state index contributed by atoms with van der Waals surface area (Å²) in [5, 5.41) is 4.22. The van der Waals surface area contributed by atoms with Crippen molar-refractivity contribution < 1.29 is 4.79 Å². The lowest BCUT2D eigenvalue weighted by Crippen LogP contribution is -2.35. The summed E-state index contributed by atoms with van der Waals surface area (Å²) in [7, 11) is 0. The maximum Gasteiger partial charge on any atom is 0.257 e. The molecule has 1 saturated heterocycles. The van der Waals surface area contributed by atoms with Gasteiger partial charge in [0.15, 0.2) is 0 Å². The van der Waals surface area contributed by atoms with Gasteiger partial charge >= 0.3 is 0 Å². The molecule has 0 bridgehead atoms. The number of aromatic nitrogens is 5. The second kappa shape index (κ2) is 8.15. The maximum absolute atomic E-state index is 12.7. The SMILES string of the molecule is CCc1ncc(C(=O)N2CCCN(Cc3ncnn3CC)CC2)cn1. The molecule has 2 aromatic rings. The van der Waals surface area contributed by atoms with Crippen LogP contribution in [-0.2, 0) is 19.5 Å². The lowest BCUT2D eigenvalue weighted by atomic mass is 10.2. The van der Waals surface area contributed by atoms with Crippen molar-refractivity contribution in [1.29, 1.82) is 0 Å². The zero-order valence-corrected chi connectivity index (χ0v) is 14.9. The average molecular weight is 343 g/mol. The van der Waals surface area contributed by atoms with E-state index in [1.807, 2.05) is 16.5 Å². The van der Waals surface area contributed by atoms with Crippen LogP contribution in [0, 0.1) is 0 Å². The molecule has 3 rings (SSSR count). The van der Waals surface area contributed by atoms with Crippen molar-refractivity contribution in [2.24, 2.45) is 0 Å². The van der Waals surface area contributed by atoms with Gasteiger partial charge < -0.3 is 4.90 Å².